The molecule has 0 spiro atoms. The van der Waals surface area contributed by atoms with Gasteiger partial charge in [-0.15, -0.1) is 0 Å². The average molecular weight is 224 g/mol. The Morgan fingerprint density at radius 3 is 2.69 bits per heavy atom. The van der Waals surface area contributed by atoms with Crippen molar-refractivity contribution in [3.05, 3.63) is 33.9 Å². The van der Waals surface area contributed by atoms with Crippen LogP contribution >= 0.6 is 0 Å². The monoisotopic (exact) mass is 224 g/mol. The lowest BCUT2D eigenvalue weighted by atomic mass is 10.1. The third-order valence-electron chi connectivity index (χ3n) is 1.91. The van der Waals surface area contributed by atoms with E-state index in [2.05, 4.69) is 5.32 Å². The molecule has 0 saturated heterocycles. The largest absolute Gasteiger partial charge is 0.396 e. The summed E-state index contributed by atoms with van der Waals surface area (Å²) in [5.74, 6) is -0.296. The maximum Gasteiger partial charge on any atom is 0.271 e. The van der Waals surface area contributed by atoms with Crippen molar-refractivity contribution in [2.45, 2.75) is 13.3 Å². The van der Waals surface area contributed by atoms with E-state index in [0.29, 0.717) is 17.7 Å². The first-order chi connectivity index (χ1) is 7.52. The van der Waals surface area contributed by atoms with Crippen LogP contribution < -0.4 is 5.32 Å². The predicted octanol–water partition coefficient (Wildman–Crippen LogP) is 1.09. The molecule has 2 N–H and O–H groups in total. The summed E-state index contributed by atoms with van der Waals surface area (Å²) < 4.78 is 0. The van der Waals surface area contributed by atoms with E-state index in [1.165, 1.54) is 19.1 Å². The quantitative estimate of drug-likeness (QED) is 0.591. The topological polar surface area (TPSA) is 92.5 Å². The number of hydrogen-bond acceptors (Lipinski definition) is 4. The summed E-state index contributed by atoms with van der Waals surface area (Å²) in [6.45, 7) is 1.23. The number of aliphatic hydroxyl groups is 1. The van der Waals surface area contributed by atoms with E-state index in [9.17, 15) is 14.9 Å². The van der Waals surface area contributed by atoms with Gasteiger partial charge in [0.05, 0.1) is 4.92 Å². The summed E-state index contributed by atoms with van der Waals surface area (Å²) in [5, 5.41) is 21.9. The fourth-order valence-corrected chi connectivity index (χ4v) is 1.33. The van der Waals surface area contributed by atoms with Crippen molar-refractivity contribution in [1.29, 1.82) is 0 Å². The molecule has 0 aliphatic rings. The van der Waals surface area contributed by atoms with Crippen molar-refractivity contribution in [2.24, 2.45) is 0 Å². The Bertz CT molecular complexity index is 417. The number of amides is 1. The molecule has 1 aromatic carbocycles. The molecule has 16 heavy (non-hydrogen) atoms. The van der Waals surface area contributed by atoms with Crippen LogP contribution in [-0.2, 0) is 11.2 Å². The molecule has 0 aliphatic carbocycles. The molecular weight excluding hydrogens is 212 g/mol. The molecule has 6 heteroatoms. The summed E-state index contributed by atoms with van der Waals surface area (Å²) in [5.41, 5.74) is 0.875. The normalized spacial score (nSPS) is 9.88. The summed E-state index contributed by atoms with van der Waals surface area (Å²) in [6.07, 6.45) is 0.314. The zero-order chi connectivity index (χ0) is 12.1. The molecule has 6 nitrogen and oxygen atoms in total. The standard InChI is InChI=1S/C10H12N2O4/c1-7(14)11-9-4-8(2-3-13)5-10(6-9)12(15)16/h4-6,13H,2-3H2,1H3,(H,11,14). The lowest BCUT2D eigenvalue weighted by Gasteiger charge is -2.05. The van der Waals surface area contributed by atoms with Crippen molar-refractivity contribution in [3.8, 4) is 0 Å². The molecule has 1 rings (SSSR count). The first-order valence-corrected chi connectivity index (χ1v) is 4.69. The highest BCUT2D eigenvalue weighted by molar-refractivity contribution is 5.89. The van der Waals surface area contributed by atoms with Crippen LogP contribution in [0.5, 0.6) is 0 Å². The van der Waals surface area contributed by atoms with Gasteiger partial charge in [0.15, 0.2) is 0 Å². The molecule has 0 fully saturated rings. The minimum absolute atomic E-state index is 0.0965. The number of hydrogen-bond donors (Lipinski definition) is 2. The molecule has 1 aromatic rings. The molecule has 0 atom stereocenters. The SMILES string of the molecule is CC(=O)Nc1cc(CCO)cc([N+](=O)[O-])c1. The highest BCUT2D eigenvalue weighted by Gasteiger charge is 2.10. The third-order valence-corrected chi connectivity index (χ3v) is 1.91. The van der Waals surface area contributed by atoms with E-state index < -0.39 is 4.92 Å². The Hall–Kier alpha value is -1.95. The summed E-state index contributed by atoms with van der Waals surface area (Å²) in [4.78, 5) is 20.9. The van der Waals surface area contributed by atoms with E-state index in [1.54, 1.807) is 6.07 Å². The van der Waals surface area contributed by atoms with Gasteiger partial charge in [-0.3, -0.25) is 14.9 Å². The van der Waals surface area contributed by atoms with Crippen molar-refractivity contribution >= 4 is 17.3 Å². The van der Waals surface area contributed by atoms with Crippen molar-refractivity contribution in [2.75, 3.05) is 11.9 Å². The van der Waals surface area contributed by atoms with Crippen molar-refractivity contribution in [3.63, 3.8) is 0 Å². The van der Waals surface area contributed by atoms with E-state index in [-0.39, 0.29) is 18.2 Å². The van der Waals surface area contributed by atoms with Gasteiger partial charge in [-0.25, -0.2) is 0 Å². The van der Waals surface area contributed by atoms with Gasteiger partial charge in [-0.05, 0) is 18.1 Å². The van der Waals surface area contributed by atoms with Crippen LogP contribution in [0, 0.1) is 10.1 Å². The summed E-state index contributed by atoms with van der Waals surface area (Å²) in [7, 11) is 0. The molecule has 0 aromatic heterocycles. The number of nitro benzene ring substituents is 1. The molecule has 0 bridgehead atoms. The Morgan fingerprint density at radius 1 is 1.50 bits per heavy atom. The smallest absolute Gasteiger partial charge is 0.271 e. The highest BCUT2D eigenvalue weighted by Crippen LogP contribution is 2.21. The van der Waals surface area contributed by atoms with Crippen LogP contribution in [0.1, 0.15) is 12.5 Å². The molecular formula is C10H12N2O4. The van der Waals surface area contributed by atoms with Gasteiger partial charge in [0.1, 0.15) is 0 Å². The number of carbonyl (C=O) groups is 1. The Balaban J connectivity index is 3.07. The van der Waals surface area contributed by atoms with Gasteiger partial charge in [-0.1, -0.05) is 0 Å². The molecule has 0 aliphatic heterocycles. The van der Waals surface area contributed by atoms with Crippen molar-refractivity contribution < 1.29 is 14.8 Å². The fraction of sp³-hybridized carbons (Fsp3) is 0.300. The minimum atomic E-state index is -0.536. The Morgan fingerprint density at radius 2 is 2.19 bits per heavy atom. The molecule has 0 radical (unpaired) electrons. The number of non-ortho nitro benzene ring substituents is 1. The van der Waals surface area contributed by atoms with Crippen LogP contribution in [-0.4, -0.2) is 22.5 Å². The van der Waals surface area contributed by atoms with Gasteiger partial charge in [0, 0.05) is 31.4 Å². The van der Waals surface area contributed by atoms with Crippen LogP contribution in [0.25, 0.3) is 0 Å². The van der Waals surface area contributed by atoms with E-state index in [4.69, 9.17) is 5.11 Å². The van der Waals surface area contributed by atoms with Crippen LogP contribution in [0.15, 0.2) is 18.2 Å². The second-order valence-electron chi connectivity index (χ2n) is 3.30. The Labute approximate surface area is 92.0 Å². The first kappa shape index (κ1) is 12.1. The molecule has 0 saturated carbocycles. The van der Waals surface area contributed by atoms with E-state index in [1.807, 2.05) is 0 Å². The lowest BCUT2D eigenvalue weighted by Crippen LogP contribution is -2.07. The zero-order valence-electron chi connectivity index (χ0n) is 8.77. The maximum atomic E-state index is 10.8. The number of aliphatic hydroxyl groups excluding tert-OH is 1. The van der Waals surface area contributed by atoms with Gasteiger partial charge in [0.25, 0.3) is 5.69 Å². The molecule has 0 heterocycles. The highest BCUT2D eigenvalue weighted by atomic mass is 16.6. The van der Waals surface area contributed by atoms with Crippen LogP contribution in [0.4, 0.5) is 11.4 Å². The van der Waals surface area contributed by atoms with E-state index in [0.717, 1.165) is 0 Å². The second-order valence-corrected chi connectivity index (χ2v) is 3.30. The summed E-state index contributed by atoms with van der Waals surface area (Å²) >= 11 is 0. The fourth-order valence-electron chi connectivity index (χ4n) is 1.33. The zero-order valence-corrected chi connectivity index (χ0v) is 8.77. The number of rotatable bonds is 4. The van der Waals surface area contributed by atoms with E-state index >= 15 is 0 Å². The minimum Gasteiger partial charge on any atom is -0.396 e. The van der Waals surface area contributed by atoms with Crippen LogP contribution in [0.2, 0.25) is 0 Å². The number of nitro groups is 1. The molecule has 0 unspecified atom stereocenters. The lowest BCUT2D eigenvalue weighted by molar-refractivity contribution is -0.384. The number of nitrogens with one attached hydrogen (secondary N) is 1. The number of carbonyl (C=O) groups excluding carboxylic acids is 1. The Kier molecular flexibility index (Phi) is 3.96. The number of nitrogens with zero attached hydrogens (tertiary/aromatic N) is 1. The average Bonchev–Trinajstić information content (AvgIpc) is 2.16. The van der Waals surface area contributed by atoms with Gasteiger partial charge in [0.2, 0.25) is 5.91 Å². The van der Waals surface area contributed by atoms with Crippen molar-refractivity contribution in [1.82, 2.24) is 0 Å². The third kappa shape index (κ3) is 3.32. The molecule has 1 amide bonds. The van der Waals surface area contributed by atoms with Gasteiger partial charge >= 0.3 is 0 Å². The van der Waals surface area contributed by atoms with Gasteiger partial charge < -0.3 is 10.4 Å². The first-order valence-electron chi connectivity index (χ1n) is 4.69. The number of benzene rings is 1. The maximum absolute atomic E-state index is 10.8. The van der Waals surface area contributed by atoms with Gasteiger partial charge in [-0.2, -0.15) is 0 Å². The summed E-state index contributed by atoms with van der Waals surface area (Å²) in [6, 6.07) is 4.26. The predicted molar refractivity (Wildman–Crippen MR) is 58.2 cm³/mol. The second kappa shape index (κ2) is 5.22. The van der Waals surface area contributed by atoms with Crippen LogP contribution in [0.3, 0.4) is 0 Å². The molecule has 86 valence electrons. The number of anilines is 1.